The Labute approximate surface area is 57.8 Å². The maximum Gasteiger partial charge on any atom is 0.161 e. The standard InChI is InChI=1S/C4H6N2S2/c7-3-6-4-5-1-2-8-4/h3H,1-2H2,(H,5,6,7). The largest absolute Gasteiger partial charge is 0.332 e. The minimum absolute atomic E-state index is 0.927. The van der Waals surface area contributed by atoms with Crippen LogP contribution in [-0.4, -0.2) is 23.0 Å². The second-order valence-electron chi connectivity index (χ2n) is 1.30. The number of aliphatic imine (C=N–C) groups is 1. The molecular formula is C4H6N2S2. The maximum absolute atomic E-state index is 4.56. The van der Waals surface area contributed by atoms with Crippen LogP contribution in [0.25, 0.3) is 0 Å². The molecular weight excluding hydrogens is 140 g/mol. The molecule has 1 aliphatic heterocycles. The summed E-state index contributed by atoms with van der Waals surface area (Å²) in [6, 6.07) is 0. The van der Waals surface area contributed by atoms with Gasteiger partial charge >= 0.3 is 0 Å². The van der Waals surface area contributed by atoms with Crippen LogP contribution in [-0.2, 0) is 0 Å². The van der Waals surface area contributed by atoms with Gasteiger partial charge in [-0.1, -0.05) is 24.0 Å². The zero-order valence-electron chi connectivity index (χ0n) is 4.26. The van der Waals surface area contributed by atoms with Crippen LogP contribution in [0.5, 0.6) is 0 Å². The molecule has 4 heteroatoms. The Balaban J connectivity index is 2.33. The highest BCUT2D eigenvalue weighted by atomic mass is 32.2. The summed E-state index contributed by atoms with van der Waals surface area (Å²) in [4.78, 5) is 4.10. The minimum atomic E-state index is 0.927. The lowest BCUT2D eigenvalue weighted by atomic mass is 10.8. The SMILES string of the molecule is S=CNC1=NCCS1. The zero-order chi connectivity index (χ0) is 5.82. The molecule has 8 heavy (non-hydrogen) atoms. The van der Waals surface area contributed by atoms with Gasteiger partial charge < -0.3 is 5.32 Å². The van der Waals surface area contributed by atoms with Gasteiger partial charge in [0.05, 0.1) is 12.0 Å². The predicted octanol–water partition coefficient (Wildman–Crippen LogP) is 0.636. The topological polar surface area (TPSA) is 24.4 Å². The van der Waals surface area contributed by atoms with Gasteiger partial charge in [0.2, 0.25) is 0 Å². The van der Waals surface area contributed by atoms with Crippen LogP contribution in [0.1, 0.15) is 0 Å². The van der Waals surface area contributed by atoms with Crippen molar-refractivity contribution in [1.29, 1.82) is 0 Å². The van der Waals surface area contributed by atoms with E-state index in [1.165, 1.54) is 5.49 Å². The average Bonchev–Trinajstić information content (AvgIpc) is 2.19. The molecule has 0 saturated carbocycles. The van der Waals surface area contributed by atoms with Crippen molar-refractivity contribution in [3.8, 4) is 0 Å². The summed E-state index contributed by atoms with van der Waals surface area (Å²) in [6.07, 6.45) is 0. The van der Waals surface area contributed by atoms with E-state index in [-0.39, 0.29) is 0 Å². The predicted molar refractivity (Wildman–Crippen MR) is 41.6 cm³/mol. The van der Waals surface area contributed by atoms with E-state index in [9.17, 15) is 0 Å². The quantitative estimate of drug-likeness (QED) is 0.549. The normalized spacial score (nSPS) is 17.8. The Hall–Kier alpha value is -0.0900. The van der Waals surface area contributed by atoms with Gasteiger partial charge in [0.15, 0.2) is 5.17 Å². The van der Waals surface area contributed by atoms with Crippen LogP contribution in [0.3, 0.4) is 0 Å². The Kier molecular flexibility index (Phi) is 2.29. The second-order valence-corrected chi connectivity index (χ2v) is 2.62. The molecule has 2 nitrogen and oxygen atoms in total. The molecule has 0 spiro atoms. The van der Waals surface area contributed by atoms with Crippen molar-refractivity contribution >= 4 is 34.6 Å². The third kappa shape index (κ3) is 1.45. The fraction of sp³-hybridized carbons (Fsp3) is 0.500. The van der Waals surface area contributed by atoms with Crippen LogP contribution < -0.4 is 5.32 Å². The van der Waals surface area contributed by atoms with E-state index in [0.29, 0.717) is 0 Å². The van der Waals surface area contributed by atoms with E-state index in [4.69, 9.17) is 0 Å². The highest BCUT2D eigenvalue weighted by Gasteiger charge is 2.02. The van der Waals surface area contributed by atoms with Gasteiger partial charge in [-0.05, 0) is 0 Å². The van der Waals surface area contributed by atoms with Gasteiger partial charge in [0.25, 0.3) is 0 Å². The molecule has 0 saturated heterocycles. The first-order valence-electron chi connectivity index (χ1n) is 2.31. The molecule has 0 aromatic carbocycles. The van der Waals surface area contributed by atoms with Crippen molar-refractivity contribution in [2.45, 2.75) is 0 Å². The van der Waals surface area contributed by atoms with Crippen molar-refractivity contribution in [2.75, 3.05) is 12.3 Å². The molecule has 1 N–H and O–H groups in total. The number of thioether (sulfide) groups is 1. The van der Waals surface area contributed by atoms with Crippen LogP contribution in [0, 0.1) is 0 Å². The fourth-order valence-corrected chi connectivity index (χ4v) is 1.36. The van der Waals surface area contributed by atoms with Gasteiger partial charge in [-0.2, -0.15) is 0 Å². The number of hydrogen-bond donors (Lipinski definition) is 1. The molecule has 0 amide bonds. The molecule has 0 bridgehead atoms. The van der Waals surface area contributed by atoms with E-state index in [0.717, 1.165) is 17.5 Å². The molecule has 0 radical (unpaired) electrons. The van der Waals surface area contributed by atoms with E-state index in [1.54, 1.807) is 11.8 Å². The number of hydrogen-bond acceptors (Lipinski definition) is 3. The molecule has 0 aromatic rings. The van der Waals surface area contributed by atoms with Gasteiger partial charge in [-0.3, -0.25) is 4.99 Å². The summed E-state index contributed by atoms with van der Waals surface area (Å²) in [5.41, 5.74) is 1.48. The number of nitrogens with one attached hydrogen (secondary N) is 1. The summed E-state index contributed by atoms with van der Waals surface area (Å²) in [5.74, 6) is 1.09. The Morgan fingerprint density at radius 2 is 2.75 bits per heavy atom. The molecule has 44 valence electrons. The molecule has 1 heterocycles. The van der Waals surface area contributed by atoms with Crippen LogP contribution >= 0.6 is 24.0 Å². The van der Waals surface area contributed by atoms with Crippen LogP contribution in [0.15, 0.2) is 4.99 Å². The van der Waals surface area contributed by atoms with Gasteiger partial charge in [-0.25, -0.2) is 0 Å². The molecule has 1 aliphatic rings. The van der Waals surface area contributed by atoms with Crippen molar-refractivity contribution in [1.82, 2.24) is 5.32 Å². The smallest absolute Gasteiger partial charge is 0.161 e. The summed E-state index contributed by atoms with van der Waals surface area (Å²) >= 11 is 6.27. The van der Waals surface area contributed by atoms with E-state index in [2.05, 4.69) is 22.5 Å². The second kappa shape index (κ2) is 3.04. The molecule has 0 fully saturated rings. The maximum atomic E-state index is 4.56. The number of nitrogens with zero attached hydrogens (tertiary/aromatic N) is 1. The van der Waals surface area contributed by atoms with Gasteiger partial charge in [-0.15, -0.1) is 0 Å². The first kappa shape index (κ1) is 6.04. The minimum Gasteiger partial charge on any atom is -0.332 e. The lowest BCUT2D eigenvalue weighted by Crippen LogP contribution is -2.14. The highest BCUT2D eigenvalue weighted by Crippen LogP contribution is 2.07. The van der Waals surface area contributed by atoms with E-state index < -0.39 is 0 Å². The average molecular weight is 146 g/mol. The Morgan fingerprint density at radius 1 is 1.88 bits per heavy atom. The monoisotopic (exact) mass is 146 g/mol. The van der Waals surface area contributed by atoms with E-state index >= 15 is 0 Å². The van der Waals surface area contributed by atoms with Crippen molar-refractivity contribution in [2.24, 2.45) is 4.99 Å². The summed E-state index contributed by atoms with van der Waals surface area (Å²) in [5, 5.41) is 3.81. The van der Waals surface area contributed by atoms with Crippen molar-refractivity contribution in [3.05, 3.63) is 0 Å². The van der Waals surface area contributed by atoms with Crippen molar-refractivity contribution < 1.29 is 0 Å². The highest BCUT2D eigenvalue weighted by molar-refractivity contribution is 8.14. The van der Waals surface area contributed by atoms with Crippen LogP contribution in [0.2, 0.25) is 0 Å². The van der Waals surface area contributed by atoms with E-state index in [1.807, 2.05) is 0 Å². The molecule has 0 atom stereocenters. The third-order valence-electron chi connectivity index (χ3n) is 0.768. The summed E-state index contributed by atoms with van der Waals surface area (Å²) in [6.45, 7) is 0.927. The molecule has 0 aliphatic carbocycles. The molecule has 1 rings (SSSR count). The summed E-state index contributed by atoms with van der Waals surface area (Å²) in [7, 11) is 0. The lowest BCUT2D eigenvalue weighted by molar-refractivity contribution is 1.16. The number of amidine groups is 1. The zero-order valence-corrected chi connectivity index (χ0v) is 5.89. The van der Waals surface area contributed by atoms with Crippen molar-refractivity contribution in [3.63, 3.8) is 0 Å². The number of rotatable bonds is 1. The number of thiocarbonyl (C=S) groups is 1. The van der Waals surface area contributed by atoms with Gasteiger partial charge in [0, 0.05) is 5.75 Å². The molecule has 0 aromatic heterocycles. The first-order valence-corrected chi connectivity index (χ1v) is 3.76. The fourth-order valence-electron chi connectivity index (χ4n) is 0.473. The summed E-state index contributed by atoms with van der Waals surface area (Å²) < 4.78 is 0. The van der Waals surface area contributed by atoms with Gasteiger partial charge in [0.1, 0.15) is 0 Å². The Morgan fingerprint density at radius 3 is 3.25 bits per heavy atom. The third-order valence-corrected chi connectivity index (χ3v) is 1.79. The first-order chi connectivity index (χ1) is 3.93. The van der Waals surface area contributed by atoms with Crippen LogP contribution in [0.4, 0.5) is 0 Å². The Bertz CT molecular complexity index is 121. The molecule has 0 unspecified atom stereocenters. The lowest BCUT2D eigenvalue weighted by Gasteiger charge is -1.91.